The second-order valence-corrected chi connectivity index (χ2v) is 7.73. The second kappa shape index (κ2) is 6.98. The Bertz CT molecular complexity index is 652. The van der Waals surface area contributed by atoms with Crippen molar-refractivity contribution in [3.05, 3.63) is 28.8 Å². The summed E-state index contributed by atoms with van der Waals surface area (Å²) in [5.41, 5.74) is 0.833. The first-order chi connectivity index (χ1) is 10.3. The molecule has 22 heavy (non-hydrogen) atoms. The summed E-state index contributed by atoms with van der Waals surface area (Å²) in [7, 11) is -2.22. The lowest BCUT2D eigenvalue weighted by Crippen LogP contribution is -2.38. The van der Waals surface area contributed by atoms with Crippen LogP contribution in [0, 0.1) is 12.8 Å². The minimum absolute atomic E-state index is 0.125. The van der Waals surface area contributed by atoms with E-state index in [-0.39, 0.29) is 22.8 Å². The molecule has 0 unspecified atom stereocenters. The van der Waals surface area contributed by atoms with E-state index in [2.05, 4.69) is 4.72 Å². The standard InChI is InChI=1S/C15H20ClNO4S/c1-10-3-8-13(9-14(10)16)22(19,20)17-12-6-4-11(5-7-12)15(18)21-2/h3,8-9,11-12,17H,4-7H2,1-2H3. The van der Waals surface area contributed by atoms with Crippen molar-refractivity contribution in [2.24, 2.45) is 5.92 Å². The maximum Gasteiger partial charge on any atom is 0.308 e. The van der Waals surface area contributed by atoms with Crippen molar-refractivity contribution in [3.63, 3.8) is 0 Å². The highest BCUT2D eigenvalue weighted by Gasteiger charge is 2.29. The number of benzene rings is 1. The largest absolute Gasteiger partial charge is 0.469 e. The van der Waals surface area contributed by atoms with Crippen LogP contribution in [0.15, 0.2) is 23.1 Å². The summed E-state index contributed by atoms with van der Waals surface area (Å²) in [5.74, 6) is -0.341. The number of aryl methyl sites for hydroxylation is 1. The van der Waals surface area contributed by atoms with Gasteiger partial charge in [-0.15, -0.1) is 0 Å². The fourth-order valence-corrected chi connectivity index (χ4v) is 4.22. The van der Waals surface area contributed by atoms with Crippen molar-refractivity contribution in [1.82, 2.24) is 4.72 Å². The molecule has 0 amide bonds. The van der Waals surface area contributed by atoms with E-state index in [9.17, 15) is 13.2 Å². The van der Waals surface area contributed by atoms with Gasteiger partial charge in [0.25, 0.3) is 0 Å². The first-order valence-corrected chi connectivity index (χ1v) is 9.06. The van der Waals surface area contributed by atoms with Crippen LogP contribution < -0.4 is 4.72 Å². The number of hydrogen-bond acceptors (Lipinski definition) is 4. The number of ether oxygens (including phenoxy) is 1. The molecule has 0 atom stereocenters. The first kappa shape index (κ1) is 17.2. The lowest BCUT2D eigenvalue weighted by atomic mass is 9.86. The molecule has 1 fully saturated rings. The Morgan fingerprint density at radius 3 is 2.45 bits per heavy atom. The lowest BCUT2D eigenvalue weighted by molar-refractivity contribution is -0.146. The third-order valence-electron chi connectivity index (χ3n) is 4.04. The molecular weight excluding hydrogens is 326 g/mol. The minimum Gasteiger partial charge on any atom is -0.469 e. The van der Waals surface area contributed by atoms with Gasteiger partial charge in [-0.25, -0.2) is 13.1 Å². The SMILES string of the molecule is COC(=O)C1CCC(NS(=O)(=O)c2ccc(C)c(Cl)c2)CC1. The monoisotopic (exact) mass is 345 g/mol. The highest BCUT2D eigenvalue weighted by atomic mass is 35.5. The smallest absolute Gasteiger partial charge is 0.308 e. The van der Waals surface area contributed by atoms with E-state index in [4.69, 9.17) is 16.3 Å². The molecule has 2 rings (SSSR count). The Morgan fingerprint density at radius 1 is 1.27 bits per heavy atom. The fourth-order valence-electron chi connectivity index (χ4n) is 2.64. The van der Waals surface area contributed by atoms with Crippen LogP contribution in [0.1, 0.15) is 31.2 Å². The summed E-state index contributed by atoms with van der Waals surface area (Å²) < 4.78 is 32.2. The summed E-state index contributed by atoms with van der Waals surface area (Å²) in [4.78, 5) is 11.6. The van der Waals surface area contributed by atoms with Crippen molar-refractivity contribution < 1.29 is 17.9 Å². The normalized spacial score (nSPS) is 22.3. The van der Waals surface area contributed by atoms with Crippen LogP contribution in [-0.2, 0) is 19.6 Å². The number of hydrogen-bond donors (Lipinski definition) is 1. The van der Waals surface area contributed by atoms with E-state index in [1.165, 1.54) is 13.2 Å². The summed E-state index contributed by atoms with van der Waals surface area (Å²) in [6, 6.07) is 4.53. The molecule has 0 aliphatic heterocycles. The molecule has 1 N–H and O–H groups in total. The quantitative estimate of drug-likeness (QED) is 0.851. The molecule has 0 spiro atoms. The molecule has 1 aliphatic rings. The highest BCUT2D eigenvalue weighted by molar-refractivity contribution is 7.89. The lowest BCUT2D eigenvalue weighted by Gasteiger charge is -2.27. The fraction of sp³-hybridized carbons (Fsp3) is 0.533. The Labute approximate surface area is 136 Å². The van der Waals surface area contributed by atoms with Crippen LogP contribution in [0.25, 0.3) is 0 Å². The zero-order valence-electron chi connectivity index (χ0n) is 12.6. The average molecular weight is 346 g/mol. The van der Waals surface area contributed by atoms with Gasteiger partial charge in [0.2, 0.25) is 10.0 Å². The first-order valence-electron chi connectivity index (χ1n) is 7.20. The van der Waals surface area contributed by atoms with Gasteiger partial charge in [-0.3, -0.25) is 4.79 Å². The number of carbonyl (C=O) groups excluding carboxylic acids is 1. The summed E-state index contributed by atoms with van der Waals surface area (Å²) in [6.45, 7) is 1.82. The number of nitrogens with one attached hydrogen (secondary N) is 1. The van der Waals surface area contributed by atoms with Crippen LogP contribution in [0.2, 0.25) is 5.02 Å². The van der Waals surface area contributed by atoms with Crippen molar-refractivity contribution in [2.45, 2.75) is 43.5 Å². The highest BCUT2D eigenvalue weighted by Crippen LogP contribution is 2.27. The van der Waals surface area contributed by atoms with E-state index < -0.39 is 10.0 Å². The molecular formula is C15H20ClNO4S. The molecule has 122 valence electrons. The van der Waals surface area contributed by atoms with Gasteiger partial charge in [0, 0.05) is 11.1 Å². The van der Waals surface area contributed by atoms with E-state index in [1.807, 2.05) is 6.92 Å². The van der Waals surface area contributed by atoms with Gasteiger partial charge in [-0.2, -0.15) is 0 Å². The van der Waals surface area contributed by atoms with Gasteiger partial charge in [-0.1, -0.05) is 17.7 Å². The molecule has 7 heteroatoms. The van der Waals surface area contributed by atoms with Crippen molar-refractivity contribution in [3.8, 4) is 0 Å². The van der Waals surface area contributed by atoms with Crippen LogP contribution in [0.3, 0.4) is 0 Å². The van der Waals surface area contributed by atoms with Crippen LogP contribution in [0.4, 0.5) is 0 Å². The number of rotatable bonds is 4. The summed E-state index contributed by atoms with van der Waals surface area (Å²) >= 11 is 5.99. The number of carbonyl (C=O) groups is 1. The van der Waals surface area contributed by atoms with Gasteiger partial charge in [0.05, 0.1) is 17.9 Å². The maximum absolute atomic E-state index is 12.4. The molecule has 1 aliphatic carbocycles. The number of esters is 1. The zero-order valence-corrected chi connectivity index (χ0v) is 14.2. The molecule has 0 radical (unpaired) electrons. The predicted molar refractivity (Wildman–Crippen MR) is 84.3 cm³/mol. The van der Waals surface area contributed by atoms with Gasteiger partial charge in [0.15, 0.2) is 0 Å². The van der Waals surface area contributed by atoms with E-state index in [0.717, 1.165) is 5.56 Å². The zero-order chi connectivity index (χ0) is 16.3. The van der Waals surface area contributed by atoms with Crippen molar-refractivity contribution in [2.75, 3.05) is 7.11 Å². The van der Waals surface area contributed by atoms with Crippen LogP contribution >= 0.6 is 11.6 Å². The Hall–Kier alpha value is -1.11. The predicted octanol–water partition coefficient (Wildman–Crippen LogP) is 2.66. The van der Waals surface area contributed by atoms with Gasteiger partial charge in [0.1, 0.15) is 0 Å². The minimum atomic E-state index is -3.59. The van der Waals surface area contributed by atoms with Gasteiger partial charge >= 0.3 is 5.97 Å². The van der Waals surface area contributed by atoms with Gasteiger partial charge in [-0.05, 0) is 50.3 Å². The van der Waals surface area contributed by atoms with E-state index >= 15 is 0 Å². The maximum atomic E-state index is 12.4. The van der Waals surface area contributed by atoms with E-state index in [0.29, 0.717) is 30.7 Å². The molecule has 1 aromatic rings. The second-order valence-electron chi connectivity index (χ2n) is 5.60. The van der Waals surface area contributed by atoms with Crippen molar-refractivity contribution in [1.29, 1.82) is 0 Å². The van der Waals surface area contributed by atoms with Crippen LogP contribution in [0.5, 0.6) is 0 Å². The van der Waals surface area contributed by atoms with Crippen LogP contribution in [-0.4, -0.2) is 27.5 Å². The molecule has 1 saturated carbocycles. The number of sulfonamides is 1. The van der Waals surface area contributed by atoms with Crippen molar-refractivity contribution >= 4 is 27.6 Å². The Kier molecular flexibility index (Phi) is 5.47. The number of methoxy groups -OCH3 is 1. The number of halogens is 1. The topological polar surface area (TPSA) is 72.5 Å². The molecule has 0 bridgehead atoms. The molecule has 0 heterocycles. The third kappa shape index (κ3) is 4.00. The van der Waals surface area contributed by atoms with E-state index in [1.54, 1.807) is 12.1 Å². The Morgan fingerprint density at radius 2 is 1.91 bits per heavy atom. The molecule has 5 nitrogen and oxygen atoms in total. The van der Waals surface area contributed by atoms with Gasteiger partial charge < -0.3 is 4.74 Å². The average Bonchev–Trinajstić information content (AvgIpc) is 2.49. The third-order valence-corrected chi connectivity index (χ3v) is 5.96. The Balaban J connectivity index is 2.01. The summed E-state index contributed by atoms with van der Waals surface area (Å²) in [6.07, 6.45) is 2.51. The molecule has 1 aromatic carbocycles. The molecule has 0 saturated heterocycles. The molecule has 0 aromatic heterocycles. The summed E-state index contributed by atoms with van der Waals surface area (Å²) in [5, 5.41) is 0.428.